The van der Waals surface area contributed by atoms with E-state index in [4.69, 9.17) is 0 Å². The van der Waals surface area contributed by atoms with Gasteiger partial charge in [-0.1, -0.05) is 0 Å². The Kier molecular flexibility index (Phi) is 3.83. The van der Waals surface area contributed by atoms with E-state index in [0.717, 1.165) is 0 Å². The second-order valence-electron chi connectivity index (χ2n) is 1.20. The van der Waals surface area contributed by atoms with Crippen LogP contribution in [-0.4, -0.2) is 29.2 Å². The monoisotopic (exact) mass is 208 g/mol. The van der Waals surface area contributed by atoms with Crippen molar-refractivity contribution in [2.45, 2.75) is 3.91 Å². The highest BCUT2D eigenvalue weighted by molar-refractivity contribution is 8.07. The average Bonchev–Trinajstić information content (AvgIpc) is 1.59. The summed E-state index contributed by atoms with van der Waals surface area (Å²) < 4.78 is 56.9. The van der Waals surface area contributed by atoms with Gasteiger partial charge in [-0.3, -0.25) is 0 Å². The topological polar surface area (TPSA) is 102 Å². The maximum absolute atomic E-state index is 9.85. The zero-order chi connectivity index (χ0) is 8.31. The minimum atomic E-state index is -3.44. The van der Waals surface area contributed by atoms with Crippen LogP contribution < -0.4 is 0 Å². The number of rotatable bonds is 3. The Labute approximate surface area is 61.7 Å². The minimum Gasteiger partial charge on any atom is -0.229 e. The first-order valence-corrected chi connectivity index (χ1v) is 5.61. The molecule has 0 aliphatic heterocycles. The highest BCUT2D eigenvalue weighted by Crippen LogP contribution is 1.89. The van der Waals surface area contributed by atoms with Gasteiger partial charge in [0, 0.05) is 0 Å². The van der Waals surface area contributed by atoms with E-state index in [1.54, 1.807) is 0 Å². The van der Waals surface area contributed by atoms with Gasteiger partial charge in [-0.25, -0.2) is 25.3 Å². The molecule has 0 aliphatic rings. The molecule has 10 heavy (non-hydrogen) atoms. The molecule has 62 valence electrons. The summed E-state index contributed by atoms with van der Waals surface area (Å²) in [4.78, 5) is 0. The van der Waals surface area contributed by atoms with E-state index in [1.807, 2.05) is 0 Å². The molecule has 0 rings (SSSR count). The van der Waals surface area contributed by atoms with Crippen LogP contribution in [0.5, 0.6) is 0 Å². The van der Waals surface area contributed by atoms with Crippen LogP contribution in [0.4, 0.5) is 0 Å². The minimum absolute atomic E-state index is 2.25. The van der Waals surface area contributed by atoms with E-state index in [2.05, 4.69) is 0 Å². The van der Waals surface area contributed by atoms with Crippen molar-refractivity contribution in [1.29, 1.82) is 0 Å². The van der Waals surface area contributed by atoms with E-state index in [9.17, 15) is 25.3 Å². The average molecular weight is 208 g/mol. The molecule has 0 aromatic rings. The molecule has 6 nitrogen and oxygen atoms in total. The van der Waals surface area contributed by atoms with Gasteiger partial charge in [-0.05, 0) is 0 Å². The lowest BCUT2D eigenvalue weighted by Crippen LogP contribution is -2.12. The van der Waals surface area contributed by atoms with E-state index in [0.29, 0.717) is 0 Å². The van der Waals surface area contributed by atoms with Crippen LogP contribution in [0.3, 0.4) is 0 Å². The van der Waals surface area contributed by atoms with E-state index >= 15 is 0 Å². The lowest BCUT2D eigenvalue weighted by molar-refractivity contribution is 0.596. The second kappa shape index (κ2) is 3.88. The number of thiol groups is 3. The Balaban J connectivity index is 4.97. The van der Waals surface area contributed by atoms with Crippen LogP contribution in [-0.2, 0) is 32.1 Å². The Morgan fingerprint density at radius 3 is 0.800 bits per heavy atom. The summed E-state index contributed by atoms with van der Waals surface area (Å²) in [6.07, 6.45) is 0. The van der Waals surface area contributed by atoms with Gasteiger partial charge in [0.15, 0.2) is 32.1 Å². The molecule has 0 saturated carbocycles. The maximum Gasteiger partial charge on any atom is 0.254 e. The molecule has 0 N–H and O–H groups in total. The number of hydrogen-bond acceptors (Lipinski definition) is 6. The third-order valence-corrected chi connectivity index (χ3v) is 5.09. The SMILES string of the molecule is O=[SH](=O)C([SH](=O)=O)[SH](=O)=O. The standard InChI is InChI=1S/CH4O6S3/c2-8(3)1(9(4)5)10(6)7/h1,8-10H. The molecule has 9 heteroatoms. The van der Waals surface area contributed by atoms with Crippen molar-refractivity contribution >= 4 is 32.1 Å². The summed E-state index contributed by atoms with van der Waals surface area (Å²) in [7, 11) is -10.3. The lowest BCUT2D eigenvalue weighted by Gasteiger charge is -1.86. The van der Waals surface area contributed by atoms with Crippen molar-refractivity contribution in [1.82, 2.24) is 0 Å². The Bertz CT molecular complexity index is 240. The molecule has 0 spiro atoms. The molecule has 0 bridgehead atoms. The fourth-order valence-corrected chi connectivity index (χ4v) is 2.08. The summed E-state index contributed by atoms with van der Waals surface area (Å²) in [6, 6.07) is 0. The molecule has 0 heterocycles. The highest BCUT2D eigenvalue weighted by Gasteiger charge is 2.17. The van der Waals surface area contributed by atoms with Gasteiger partial charge >= 0.3 is 0 Å². The second-order valence-corrected chi connectivity index (χ2v) is 5.69. The molecule has 0 unspecified atom stereocenters. The quantitative estimate of drug-likeness (QED) is 0.430. The van der Waals surface area contributed by atoms with Gasteiger partial charge in [0.25, 0.3) is 3.91 Å². The maximum atomic E-state index is 9.85. The zero-order valence-electron chi connectivity index (χ0n) is 4.37. The van der Waals surface area contributed by atoms with Crippen LogP contribution in [0.1, 0.15) is 0 Å². The van der Waals surface area contributed by atoms with Crippen molar-refractivity contribution in [3.05, 3.63) is 0 Å². The van der Waals surface area contributed by atoms with Gasteiger partial charge in [-0.15, -0.1) is 0 Å². The van der Waals surface area contributed by atoms with E-state index in [-0.39, 0.29) is 0 Å². The van der Waals surface area contributed by atoms with Crippen molar-refractivity contribution in [3.63, 3.8) is 0 Å². The summed E-state index contributed by atoms with van der Waals surface area (Å²) in [6.45, 7) is 0. The molecule has 0 aromatic carbocycles. The predicted molar refractivity (Wildman–Crippen MR) is 34.7 cm³/mol. The van der Waals surface area contributed by atoms with Crippen LogP contribution in [0, 0.1) is 0 Å². The highest BCUT2D eigenvalue weighted by atomic mass is 32.3. The zero-order valence-corrected chi connectivity index (χ0v) is 7.05. The van der Waals surface area contributed by atoms with Crippen molar-refractivity contribution in [2.24, 2.45) is 0 Å². The Hall–Kier alpha value is -0.150. The molecule has 0 atom stereocenters. The van der Waals surface area contributed by atoms with Crippen LogP contribution in [0.2, 0.25) is 0 Å². The fourth-order valence-electron chi connectivity index (χ4n) is 0.231. The van der Waals surface area contributed by atoms with Crippen LogP contribution in [0.15, 0.2) is 0 Å². The van der Waals surface area contributed by atoms with E-state index in [1.165, 1.54) is 0 Å². The summed E-state index contributed by atoms with van der Waals surface area (Å²) in [5.41, 5.74) is 0. The van der Waals surface area contributed by atoms with Gasteiger partial charge in [-0.2, -0.15) is 0 Å². The molecule has 0 radical (unpaired) electrons. The van der Waals surface area contributed by atoms with E-state index < -0.39 is 36.0 Å². The molecule has 0 aromatic heterocycles. The molecular weight excluding hydrogens is 204 g/mol. The Morgan fingerprint density at radius 1 is 0.600 bits per heavy atom. The van der Waals surface area contributed by atoms with Gasteiger partial charge in [0.05, 0.1) is 0 Å². The molecule has 0 amide bonds. The third kappa shape index (κ3) is 2.62. The molecule has 0 aliphatic carbocycles. The first kappa shape index (κ1) is 9.85. The predicted octanol–water partition coefficient (Wildman–Crippen LogP) is -2.90. The number of hydrogen-bond donors (Lipinski definition) is 3. The summed E-state index contributed by atoms with van der Waals surface area (Å²) in [5.74, 6) is 0. The lowest BCUT2D eigenvalue weighted by atomic mass is 11.9. The first-order chi connectivity index (χ1) is 4.46. The molecule has 0 saturated heterocycles. The fraction of sp³-hybridized carbons (Fsp3) is 1.00. The van der Waals surface area contributed by atoms with Gasteiger partial charge in [0.1, 0.15) is 0 Å². The smallest absolute Gasteiger partial charge is 0.229 e. The van der Waals surface area contributed by atoms with Gasteiger partial charge < -0.3 is 0 Å². The van der Waals surface area contributed by atoms with Crippen molar-refractivity contribution in [2.75, 3.05) is 0 Å². The first-order valence-electron chi connectivity index (χ1n) is 1.87. The molecular formula is CH4O6S3. The largest absolute Gasteiger partial charge is 0.254 e. The normalized spacial score (nSPS) is 12.0. The summed E-state index contributed by atoms with van der Waals surface area (Å²) >= 11 is 0. The van der Waals surface area contributed by atoms with Crippen LogP contribution in [0.25, 0.3) is 0 Å². The summed E-state index contributed by atoms with van der Waals surface area (Å²) in [5, 5.41) is 0. The van der Waals surface area contributed by atoms with Gasteiger partial charge in [0.2, 0.25) is 0 Å². The van der Waals surface area contributed by atoms with Crippen molar-refractivity contribution in [3.8, 4) is 0 Å². The van der Waals surface area contributed by atoms with Crippen LogP contribution >= 0.6 is 0 Å². The molecule has 0 fully saturated rings. The third-order valence-electron chi connectivity index (χ3n) is 0.566. The van der Waals surface area contributed by atoms with Crippen molar-refractivity contribution < 1.29 is 25.3 Å². The Morgan fingerprint density at radius 2 is 0.800 bits per heavy atom.